The SMILES string of the molecule is CCC(CCNc1ncncc1C(=O)c1ccn(Cc2ccccc2)n1)COSN. The third kappa shape index (κ3) is 6.12. The number of carbonyl (C=O) groups is 1. The molecule has 0 radical (unpaired) electrons. The molecule has 3 N–H and O–H groups in total. The molecule has 2 aromatic heterocycles. The van der Waals surface area contributed by atoms with E-state index in [1.54, 1.807) is 16.9 Å². The van der Waals surface area contributed by atoms with Crippen LogP contribution in [0, 0.1) is 5.92 Å². The number of hydrogen-bond acceptors (Lipinski definition) is 8. The Morgan fingerprint density at radius 2 is 2.13 bits per heavy atom. The predicted molar refractivity (Wildman–Crippen MR) is 118 cm³/mol. The number of nitrogens with zero attached hydrogens (tertiary/aromatic N) is 4. The second-order valence-corrected chi connectivity index (χ2v) is 7.30. The Labute approximate surface area is 180 Å². The number of rotatable bonds is 12. The molecule has 1 aromatic carbocycles. The van der Waals surface area contributed by atoms with Crippen LogP contribution in [0.25, 0.3) is 0 Å². The van der Waals surface area contributed by atoms with E-state index in [-0.39, 0.29) is 5.78 Å². The Hall–Kier alpha value is -2.75. The topological polar surface area (TPSA) is 108 Å². The summed E-state index contributed by atoms with van der Waals surface area (Å²) < 4.78 is 6.98. The first-order valence-electron chi connectivity index (χ1n) is 9.85. The molecule has 3 rings (SSSR count). The maximum Gasteiger partial charge on any atom is 0.218 e. The Bertz CT molecular complexity index is 934. The summed E-state index contributed by atoms with van der Waals surface area (Å²) in [6.45, 7) is 3.97. The van der Waals surface area contributed by atoms with Crippen LogP contribution in [0.15, 0.2) is 55.1 Å². The van der Waals surface area contributed by atoms with E-state index in [0.29, 0.717) is 42.7 Å². The smallest absolute Gasteiger partial charge is 0.218 e. The summed E-state index contributed by atoms with van der Waals surface area (Å²) in [5.41, 5.74) is 1.89. The average molecular weight is 427 g/mol. The predicted octanol–water partition coefficient (Wildman–Crippen LogP) is 3.32. The number of ketones is 1. The molecule has 0 bridgehead atoms. The van der Waals surface area contributed by atoms with Crippen LogP contribution in [0.3, 0.4) is 0 Å². The highest BCUT2D eigenvalue weighted by Crippen LogP contribution is 2.17. The largest absolute Gasteiger partial charge is 0.369 e. The van der Waals surface area contributed by atoms with Crippen LogP contribution in [-0.4, -0.2) is 38.7 Å². The molecule has 8 nitrogen and oxygen atoms in total. The van der Waals surface area contributed by atoms with Crippen molar-refractivity contribution in [2.75, 3.05) is 18.5 Å². The summed E-state index contributed by atoms with van der Waals surface area (Å²) in [6, 6.07) is 11.7. The average Bonchev–Trinajstić information content (AvgIpc) is 3.25. The molecule has 0 amide bonds. The van der Waals surface area contributed by atoms with Crippen molar-refractivity contribution in [1.82, 2.24) is 19.7 Å². The molecule has 0 aliphatic carbocycles. The first-order valence-corrected chi connectivity index (χ1v) is 10.7. The van der Waals surface area contributed by atoms with E-state index in [4.69, 9.17) is 9.32 Å². The number of aromatic nitrogens is 4. The fourth-order valence-corrected chi connectivity index (χ4v) is 3.32. The van der Waals surface area contributed by atoms with Crippen molar-refractivity contribution in [3.63, 3.8) is 0 Å². The van der Waals surface area contributed by atoms with Gasteiger partial charge in [-0.25, -0.2) is 9.97 Å². The van der Waals surface area contributed by atoms with Crippen molar-refractivity contribution in [1.29, 1.82) is 0 Å². The van der Waals surface area contributed by atoms with E-state index in [1.807, 2.05) is 30.3 Å². The molecule has 1 atom stereocenters. The zero-order chi connectivity index (χ0) is 21.2. The van der Waals surface area contributed by atoms with Gasteiger partial charge in [-0.3, -0.25) is 14.6 Å². The fraction of sp³-hybridized carbons (Fsp3) is 0.333. The van der Waals surface area contributed by atoms with E-state index in [9.17, 15) is 4.79 Å². The Morgan fingerprint density at radius 3 is 2.90 bits per heavy atom. The minimum atomic E-state index is -0.209. The van der Waals surface area contributed by atoms with Crippen LogP contribution in [0.1, 0.15) is 41.4 Å². The van der Waals surface area contributed by atoms with Gasteiger partial charge < -0.3 is 9.50 Å². The highest BCUT2D eigenvalue weighted by molar-refractivity contribution is 7.92. The van der Waals surface area contributed by atoms with E-state index in [1.165, 1.54) is 12.5 Å². The van der Waals surface area contributed by atoms with Gasteiger partial charge in [-0.15, -0.1) is 0 Å². The van der Waals surface area contributed by atoms with Gasteiger partial charge in [-0.1, -0.05) is 43.7 Å². The monoisotopic (exact) mass is 426 g/mol. The van der Waals surface area contributed by atoms with E-state index >= 15 is 0 Å². The van der Waals surface area contributed by atoms with Gasteiger partial charge in [0.25, 0.3) is 0 Å². The van der Waals surface area contributed by atoms with Crippen LogP contribution < -0.4 is 10.5 Å². The summed E-state index contributed by atoms with van der Waals surface area (Å²) in [5, 5.41) is 13.0. The lowest BCUT2D eigenvalue weighted by Crippen LogP contribution is -2.16. The van der Waals surface area contributed by atoms with Crippen molar-refractivity contribution >= 4 is 23.8 Å². The fourth-order valence-electron chi connectivity index (χ4n) is 3.05. The Balaban J connectivity index is 1.64. The van der Waals surface area contributed by atoms with Gasteiger partial charge in [0.15, 0.2) is 0 Å². The molecule has 3 aromatic rings. The van der Waals surface area contributed by atoms with Crippen LogP contribution in [0.2, 0.25) is 0 Å². The van der Waals surface area contributed by atoms with Gasteiger partial charge in [-0.2, -0.15) is 5.10 Å². The Morgan fingerprint density at radius 1 is 1.30 bits per heavy atom. The number of hydrogen-bond donors (Lipinski definition) is 2. The lowest BCUT2D eigenvalue weighted by molar-refractivity contribution is 0.103. The second-order valence-electron chi connectivity index (χ2n) is 6.87. The highest BCUT2D eigenvalue weighted by atomic mass is 32.2. The number of anilines is 1. The molecule has 0 aliphatic rings. The first kappa shape index (κ1) is 21.9. The zero-order valence-electron chi connectivity index (χ0n) is 16.9. The van der Waals surface area contributed by atoms with Crippen LogP contribution >= 0.6 is 12.2 Å². The van der Waals surface area contributed by atoms with Gasteiger partial charge in [0.05, 0.1) is 30.9 Å². The highest BCUT2D eigenvalue weighted by Gasteiger charge is 2.18. The third-order valence-electron chi connectivity index (χ3n) is 4.81. The summed E-state index contributed by atoms with van der Waals surface area (Å²) in [7, 11) is 0. The van der Waals surface area contributed by atoms with Crippen molar-refractivity contribution in [2.24, 2.45) is 11.1 Å². The standard InChI is InChI=1S/C21H26N6O2S/c1-2-16(14-29-30-22)8-10-24-21-18(12-23-15-25-21)20(28)19-9-11-27(26-19)13-17-6-4-3-5-7-17/h3-7,9,11-12,15-16H,2,8,10,13-14,22H2,1H3,(H,23,24,25). The quantitative estimate of drug-likeness (QED) is 0.258. The second kappa shape index (κ2) is 11.4. The number of nitrogens with one attached hydrogen (secondary N) is 1. The van der Waals surface area contributed by atoms with E-state index in [0.717, 1.165) is 30.6 Å². The number of nitrogens with two attached hydrogens (primary N) is 1. The summed E-state index contributed by atoms with van der Waals surface area (Å²) in [4.78, 5) is 21.3. The van der Waals surface area contributed by atoms with Crippen molar-refractivity contribution in [3.05, 3.63) is 71.9 Å². The lowest BCUT2D eigenvalue weighted by atomic mass is 10.0. The molecule has 0 saturated carbocycles. The summed E-state index contributed by atoms with van der Waals surface area (Å²) in [6.07, 6.45) is 6.62. The van der Waals surface area contributed by atoms with Crippen molar-refractivity contribution in [2.45, 2.75) is 26.3 Å². The molecule has 30 heavy (non-hydrogen) atoms. The molecule has 0 fully saturated rings. The van der Waals surface area contributed by atoms with Crippen molar-refractivity contribution in [3.8, 4) is 0 Å². The molecule has 0 aliphatic heterocycles. The normalized spacial score (nSPS) is 11.9. The molecular weight excluding hydrogens is 400 g/mol. The van der Waals surface area contributed by atoms with Gasteiger partial charge >= 0.3 is 0 Å². The van der Waals surface area contributed by atoms with Gasteiger partial charge in [-0.05, 0) is 24.0 Å². The summed E-state index contributed by atoms with van der Waals surface area (Å²) >= 11 is 0.887. The molecular formula is C21H26N6O2S. The van der Waals surface area contributed by atoms with Gasteiger partial charge in [0.1, 0.15) is 17.8 Å². The molecule has 0 spiro atoms. The minimum Gasteiger partial charge on any atom is -0.369 e. The minimum absolute atomic E-state index is 0.209. The number of carbonyl (C=O) groups excluding carboxylic acids is 1. The van der Waals surface area contributed by atoms with Crippen LogP contribution in [-0.2, 0) is 10.7 Å². The lowest BCUT2D eigenvalue weighted by Gasteiger charge is -2.15. The first-order chi connectivity index (χ1) is 14.7. The Kier molecular flexibility index (Phi) is 8.37. The number of benzene rings is 1. The van der Waals surface area contributed by atoms with Crippen LogP contribution in [0.5, 0.6) is 0 Å². The van der Waals surface area contributed by atoms with E-state index < -0.39 is 0 Å². The zero-order valence-corrected chi connectivity index (χ0v) is 17.7. The third-order valence-corrected chi connectivity index (χ3v) is 5.08. The molecule has 2 heterocycles. The molecule has 9 heteroatoms. The maximum atomic E-state index is 13.0. The maximum absolute atomic E-state index is 13.0. The summed E-state index contributed by atoms with van der Waals surface area (Å²) in [5.74, 6) is 0.680. The van der Waals surface area contributed by atoms with Gasteiger partial charge in [0, 0.05) is 18.9 Å². The molecule has 1 unspecified atom stereocenters. The molecule has 0 saturated heterocycles. The van der Waals surface area contributed by atoms with Crippen molar-refractivity contribution < 1.29 is 8.98 Å². The molecule has 158 valence electrons. The van der Waals surface area contributed by atoms with E-state index in [2.05, 4.69) is 27.3 Å². The van der Waals surface area contributed by atoms with Crippen LogP contribution in [0.4, 0.5) is 5.82 Å². The van der Waals surface area contributed by atoms with Gasteiger partial charge in [0.2, 0.25) is 5.78 Å².